The van der Waals surface area contributed by atoms with Crippen LogP contribution in [0.15, 0.2) is 6.20 Å². The first kappa shape index (κ1) is 24.9. The van der Waals surface area contributed by atoms with Crippen LogP contribution in [0.2, 0.25) is 0 Å². The summed E-state index contributed by atoms with van der Waals surface area (Å²) in [6, 6.07) is -0.505. The number of aromatic nitrogens is 4. The smallest absolute Gasteiger partial charge is 0.422 e. The zero-order valence-electron chi connectivity index (χ0n) is 20.1. The lowest BCUT2D eigenvalue weighted by molar-refractivity contribution is -0.154. The third kappa shape index (κ3) is 4.83. The zero-order valence-corrected chi connectivity index (χ0v) is 20.1. The predicted octanol–water partition coefficient (Wildman–Crippen LogP) is 3.22. The number of anilines is 2. The minimum Gasteiger partial charge on any atom is -0.454 e. The van der Waals surface area contributed by atoms with Crippen molar-refractivity contribution in [2.24, 2.45) is 0 Å². The molecule has 0 radical (unpaired) electrons. The number of fused-ring (bicyclic) bond motifs is 1. The summed E-state index contributed by atoms with van der Waals surface area (Å²) in [5.41, 5.74) is 0.580. The number of carbonyl (C=O) groups excluding carboxylic acids is 1. The number of alkyl halides is 3. The normalized spacial score (nSPS) is 22.3. The summed E-state index contributed by atoms with van der Waals surface area (Å²) in [4.78, 5) is 26.5. The summed E-state index contributed by atoms with van der Waals surface area (Å²) >= 11 is 0. The Morgan fingerprint density at radius 1 is 1.26 bits per heavy atom. The molecule has 2 N–H and O–H groups in total. The Labute approximate surface area is 199 Å². The number of carbonyl (C=O) groups is 1. The maximum Gasteiger partial charge on any atom is 0.422 e. The molecule has 2 atom stereocenters. The van der Waals surface area contributed by atoms with Gasteiger partial charge in [0.15, 0.2) is 24.1 Å². The molecule has 1 fully saturated rings. The molecule has 35 heavy (non-hydrogen) atoms. The van der Waals surface area contributed by atoms with Crippen LogP contribution in [0.3, 0.4) is 0 Å². The topological polar surface area (TPSA) is 103 Å². The Kier molecular flexibility index (Phi) is 6.28. The summed E-state index contributed by atoms with van der Waals surface area (Å²) in [5.74, 6) is -1.08. The van der Waals surface area contributed by atoms with Crippen molar-refractivity contribution >= 4 is 17.7 Å². The second-order valence-electron chi connectivity index (χ2n) is 9.52. The first-order chi connectivity index (χ1) is 16.3. The van der Waals surface area contributed by atoms with Gasteiger partial charge in [0.1, 0.15) is 0 Å². The van der Waals surface area contributed by atoms with Crippen LogP contribution < -0.4 is 10.1 Å². The van der Waals surface area contributed by atoms with Crippen molar-refractivity contribution in [3.05, 3.63) is 23.3 Å². The summed E-state index contributed by atoms with van der Waals surface area (Å²) in [7, 11) is 2.03. The van der Waals surface area contributed by atoms with Gasteiger partial charge >= 0.3 is 18.2 Å². The molecule has 0 aliphatic carbocycles. The van der Waals surface area contributed by atoms with Gasteiger partial charge in [-0.15, -0.1) is 0 Å². The standard InChI is InChI=1S/C21H28F4N8O2/c1-11-8-32(12(2)7-31(11)5)19(34)33-9-13-15(20(33,3)4)29-30-16(13)27-17-14(22)6-26-18(28-17)35-10-21(23,24)25/h6,11-12H,7-10H2,1-5H3,(H2,26,27,28,29,30)/t11-,12+/m1/s1. The van der Waals surface area contributed by atoms with Crippen LogP contribution in [0.1, 0.15) is 39.0 Å². The number of urea groups is 1. The second kappa shape index (κ2) is 8.81. The molecule has 2 aromatic heterocycles. The molecule has 4 rings (SSSR count). The third-order valence-electron chi connectivity index (χ3n) is 6.57. The summed E-state index contributed by atoms with van der Waals surface area (Å²) in [5, 5.41) is 9.80. The van der Waals surface area contributed by atoms with Crippen LogP contribution in [0, 0.1) is 5.82 Å². The van der Waals surface area contributed by atoms with E-state index in [-0.39, 0.29) is 30.5 Å². The number of aromatic amines is 1. The van der Waals surface area contributed by atoms with Gasteiger partial charge in [-0.3, -0.25) is 10.00 Å². The van der Waals surface area contributed by atoms with Gasteiger partial charge in [-0.25, -0.2) is 14.2 Å². The van der Waals surface area contributed by atoms with Gasteiger partial charge in [0, 0.05) is 30.7 Å². The number of H-pyrrole nitrogens is 1. The van der Waals surface area contributed by atoms with Crippen molar-refractivity contribution in [3.63, 3.8) is 0 Å². The average Bonchev–Trinajstić information content (AvgIpc) is 3.28. The number of rotatable bonds is 4. The lowest BCUT2D eigenvalue weighted by Crippen LogP contribution is -2.60. The van der Waals surface area contributed by atoms with Crippen molar-refractivity contribution in [2.75, 3.05) is 32.1 Å². The largest absolute Gasteiger partial charge is 0.454 e. The Hall–Kier alpha value is -3.16. The van der Waals surface area contributed by atoms with E-state index in [9.17, 15) is 22.4 Å². The van der Waals surface area contributed by atoms with Gasteiger partial charge < -0.3 is 19.9 Å². The highest BCUT2D eigenvalue weighted by molar-refractivity contribution is 5.78. The van der Waals surface area contributed by atoms with Crippen LogP contribution in [0.5, 0.6) is 6.01 Å². The van der Waals surface area contributed by atoms with E-state index in [2.05, 4.69) is 42.0 Å². The third-order valence-corrected chi connectivity index (χ3v) is 6.57. The predicted molar refractivity (Wildman–Crippen MR) is 118 cm³/mol. The van der Waals surface area contributed by atoms with Crippen molar-refractivity contribution in [1.29, 1.82) is 0 Å². The van der Waals surface area contributed by atoms with Crippen molar-refractivity contribution in [1.82, 2.24) is 34.9 Å². The molecule has 0 saturated carbocycles. The van der Waals surface area contributed by atoms with Crippen molar-refractivity contribution < 1.29 is 27.1 Å². The quantitative estimate of drug-likeness (QED) is 0.622. The Morgan fingerprint density at radius 2 is 1.97 bits per heavy atom. The molecular formula is C21H28F4N8O2. The molecular weight excluding hydrogens is 472 g/mol. The highest BCUT2D eigenvalue weighted by Gasteiger charge is 2.46. The molecule has 0 unspecified atom stereocenters. The highest BCUT2D eigenvalue weighted by Crippen LogP contribution is 2.42. The molecule has 2 aromatic rings. The maximum absolute atomic E-state index is 14.3. The van der Waals surface area contributed by atoms with Gasteiger partial charge in [-0.2, -0.15) is 23.3 Å². The molecule has 10 nitrogen and oxygen atoms in total. The lowest BCUT2D eigenvalue weighted by atomic mass is 10.0. The second-order valence-corrected chi connectivity index (χ2v) is 9.52. The van der Waals surface area contributed by atoms with Gasteiger partial charge in [0.05, 0.1) is 24.0 Å². The van der Waals surface area contributed by atoms with Crippen molar-refractivity contribution in [2.45, 2.75) is 58.0 Å². The van der Waals surface area contributed by atoms with E-state index in [1.165, 1.54) is 0 Å². The summed E-state index contributed by atoms with van der Waals surface area (Å²) < 4.78 is 56.1. The van der Waals surface area contributed by atoms with Crippen molar-refractivity contribution in [3.8, 4) is 6.01 Å². The Balaban J connectivity index is 1.54. The lowest BCUT2D eigenvalue weighted by Gasteiger charge is -2.45. The first-order valence-electron chi connectivity index (χ1n) is 11.1. The number of nitrogens with zero attached hydrogens (tertiary/aromatic N) is 6. The van der Waals surface area contributed by atoms with Crippen LogP contribution in [0.4, 0.5) is 34.0 Å². The Morgan fingerprint density at radius 3 is 2.66 bits per heavy atom. The van der Waals surface area contributed by atoms with E-state index in [0.717, 1.165) is 6.54 Å². The van der Waals surface area contributed by atoms with Gasteiger partial charge in [-0.05, 0) is 34.7 Å². The average molecular weight is 501 g/mol. The van der Waals surface area contributed by atoms with Crippen LogP contribution in [-0.2, 0) is 12.1 Å². The number of nitrogens with one attached hydrogen (secondary N) is 2. The minimum absolute atomic E-state index is 0.0272. The van der Waals surface area contributed by atoms with E-state index in [0.29, 0.717) is 24.0 Å². The number of ether oxygens (including phenoxy) is 1. The molecule has 0 spiro atoms. The highest BCUT2D eigenvalue weighted by atomic mass is 19.4. The summed E-state index contributed by atoms with van der Waals surface area (Å²) in [6.45, 7) is 7.79. The fraction of sp³-hybridized carbons (Fsp3) is 0.619. The van der Waals surface area contributed by atoms with E-state index < -0.39 is 36.0 Å². The molecule has 4 heterocycles. The molecule has 2 aliphatic heterocycles. The van der Waals surface area contributed by atoms with E-state index >= 15 is 0 Å². The molecule has 2 aliphatic rings. The molecule has 1 saturated heterocycles. The number of halogens is 4. The number of amides is 2. The fourth-order valence-electron chi connectivity index (χ4n) is 4.41. The van der Waals surface area contributed by atoms with E-state index in [1.807, 2.05) is 32.7 Å². The summed E-state index contributed by atoms with van der Waals surface area (Å²) in [6.07, 6.45) is -3.88. The van der Waals surface area contributed by atoms with Gasteiger partial charge in [0.2, 0.25) is 0 Å². The number of likely N-dealkylation sites (N-methyl/N-ethyl adjacent to an activating group) is 1. The number of piperazine rings is 1. The number of hydrogen-bond acceptors (Lipinski definition) is 7. The van der Waals surface area contributed by atoms with Crippen LogP contribution in [-0.4, -0.2) is 85.9 Å². The minimum atomic E-state index is -4.59. The SMILES string of the molecule is C[C@@H]1CN(C(=O)N2Cc3c(Nc4nc(OCC(F)(F)F)ncc4F)n[nH]c3C2(C)C)[C@@H](C)CN1C. The molecule has 192 valence electrons. The molecule has 14 heteroatoms. The monoisotopic (exact) mass is 500 g/mol. The first-order valence-corrected chi connectivity index (χ1v) is 11.1. The maximum atomic E-state index is 14.3. The van der Waals surface area contributed by atoms with Crippen LogP contribution >= 0.6 is 0 Å². The van der Waals surface area contributed by atoms with Gasteiger partial charge in [-0.1, -0.05) is 0 Å². The fourth-order valence-corrected chi connectivity index (χ4v) is 4.41. The molecule has 0 bridgehead atoms. The van der Waals surface area contributed by atoms with Crippen LogP contribution in [0.25, 0.3) is 0 Å². The Bertz CT molecular complexity index is 1110. The van der Waals surface area contributed by atoms with Gasteiger partial charge in [0.25, 0.3) is 0 Å². The van der Waals surface area contributed by atoms with E-state index in [1.54, 1.807) is 4.90 Å². The number of hydrogen-bond donors (Lipinski definition) is 2. The van der Waals surface area contributed by atoms with E-state index in [4.69, 9.17) is 0 Å². The zero-order chi connectivity index (χ0) is 25.7. The molecule has 2 amide bonds. The molecule has 0 aromatic carbocycles.